The van der Waals surface area contributed by atoms with Crippen molar-refractivity contribution in [3.8, 4) is 5.69 Å². The van der Waals surface area contributed by atoms with Crippen molar-refractivity contribution in [3.63, 3.8) is 0 Å². The van der Waals surface area contributed by atoms with Crippen LogP contribution >= 0.6 is 11.3 Å². The Kier molecular flexibility index (Phi) is 5.90. The van der Waals surface area contributed by atoms with Gasteiger partial charge in [-0.25, -0.2) is 0 Å². The molecular weight excluding hydrogens is 669 g/mol. The number of hydrogen-bond acceptors (Lipinski definition) is 4. The van der Waals surface area contributed by atoms with Crippen LogP contribution in [0.15, 0.2) is 179 Å². The second-order valence-corrected chi connectivity index (χ2v) is 14.8. The van der Waals surface area contributed by atoms with Crippen LogP contribution in [0, 0.1) is 0 Å². The van der Waals surface area contributed by atoms with Crippen molar-refractivity contribution in [2.24, 2.45) is 0 Å². The zero-order valence-electron chi connectivity index (χ0n) is 28.3. The molecule has 5 heteroatoms. The van der Waals surface area contributed by atoms with Gasteiger partial charge in [0.15, 0.2) is 0 Å². The SMILES string of the molecule is c1ccc2c(c1)oc1cc(N(c3ccc4c(c3)oc3ccc(-n5c6ccccc6c6ccccc65)cc34)c3cccc4c3sc3ccccc34)ccc12. The Morgan fingerprint density at radius 3 is 1.70 bits per heavy atom. The first-order valence-corrected chi connectivity index (χ1v) is 18.7. The molecule has 4 nitrogen and oxygen atoms in total. The zero-order chi connectivity index (χ0) is 34.6. The third kappa shape index (κ3) is 4.17. The van der Waals surface area contributed by atoms with Crippen LogP contribution in [0.5, 0.6) is 0 Å². The maximum Gasteiger partial charge on any atom is 0.137 e. The lowest BCUT2D eigenvalue weighted by molar-refractivity contribution is 0.669. The first-order valence-electron chi connectivity index (χ1n) is 17.8. The highest BCUT2D eigenvalue weighted by Crippen LogP contribution is 2.47. The van der Waals surface area contributed by atoms with Crippen LogP contribution in [0.2, 0.25) is 0 Å². The summed E-state index contributed by atoms with van der Waals surface area (Å²) in [6.07, 6.45) is 0. The Bertz CT molecular complexity index is 3380. The highest BCUT2D eigenvalue weighted by Gasteiger charge is 2.21. The molecule has 0 bridgehead atoms. The quantitative estimate of drug-likeness (QED) is 0.184. The zero-order valence-corrected chi connectivity index (χ0v) is 29.1. The molecule has 0 fully saturated rings. The molecule has 248 valence electrons. The van der Waals surface area contributed by atoms with Gasteiger partial charge in [-0.2, -0.15) is 0 Å². The molecule has 0 aliphatic heterocycles. The summed E-state index contributed by atoms with van der Waals surface area (Å²) in [7, 11) is 0. The average molecular weight is 697 g/mol. The Morgan fingerprint density at radius 1 is 0.396 bits per heavy atom. The molecule has 8 aromatic carbocycles. The van der Waals surface area contributed by atoms with Gasteiger partial charge < -0.3 is 18.3 Å². The van der Waals surface area contributed by atoms with Crippen molar-refractivity contribution < 1.29 is 8.83 Å². The van der Waals surface area contributed by atoms with E-state index in [1.807, 2.05) is 23.5 Å². The van der Waals surface area contributed by atoms with E-state index in [-0.39, 0.29) is 0 Å². The fraction of sp³-hybridized carbons (Fsp3) is 0. The van der Waals surface area contributed by atoms with Crippen molar-refractivity contribution in [1.82, 2.24) is 4.57 Å². The number of rotatable bonds is 4. The molecule has 12 rings (SSSR count). The summed E-state index contributed by atoms with van der Waals surface area (Å²) in [6, 6.07) is 60.5. The van der Waals surface area contributed by atoms with Gasteiger partial charge >= 0.3 is 0 Å². The molecule has 0 radical (unpaired) electrons. The van der Waals surface area contributed by atoms with E-state index in [2.05, 4.69) is 167 Å². The number of benzene rings is 8. The minimum absolute atomic E-state index is 0.843. The van der Waals surface area contributed by atoms with Gasteiger partial charge in [0.1, 0.15) is 22.3 Å². The van der Waals surface area contributed by atoms with E-state index in [4.69, 9.17) is 8.83 Å². The van der Waals surface area contributed by atoms with Crippen molar-refractivity contribution in [3.05, 3.63) is 170 Å². The molecule has 0 aliphatic carbocycles. The van der Waals surface area contributed by atoms with Crippen LogP contribution < -0.4 is 4.90 Å². The summed E-state index contributed by atoms with van der Waals surface area (Å²) >= 11 is 1.83. The van der Waals surface area contributed by atoms with E-state index >= 15 is 0 Å². The Labute approximate surface area is 306 Å². The van der Waals surface area contributed by atoms with Crippen LogP contribution in [0.4, 0.5) is 17.1 Å². The van der Waals surface area contributed by atoms with Gasteiger partial charge in [-0.15, -0.1) is 11.3 Å². The van der Waals surface area contributed by atoms with Crippen LogP contribution in [0.1, 0.15) is 0 Å². The Hall–Kier alpha value is -6.82. The van der Waals surface area contributed by atoms with Gasteiger partial charge in [0.05, 0.1) is 21.4 Å². The van der Waals surface area contributed by atoms with Crippen LogP contribution in [0.25, 0.3) is 91.5 Å². The topological polar surface area (TPSA) is 34.5 Å². The number of fused-ring (bicyclic) bond motifs is 12. The van der Waals surface area contributed by atoms with Gasteiger partial charge in [-0.1, -0.05) is 84.9 Å². The summed E-state index contributed by atoms with van der Waals surface area (Å²) in [4.78, 5) is 2.35. The molecule has 0 aliphatic rings. The highest BCUT2D eigenvalue weighted by atomic mass is 32.1. The molecule has 53 heavy (non-hydrogen) atoms. The summed E-state index contributed by atoms with van der Waals surface area (Å²) in [5, 5.41) is 9.42. The van der Waals surface area contributed by atoms with Crippen molar-refractivity contribution in [2.75, 3.05) is 4.90 Å². The number of para-hydroxylation sites is 3. The van der Waals surface area contributed by atoms with Gasteiger partial charge in [0.25, 0.3) is 0 Å². The number of aromatic nitrogens is 1. The molecule has 4 aromatic heterocycles. The predicted octanol–water partition coefficient (Wildman–Crippen LogP) is 14.4. The summed E-state index contributed by atoms with van der Waals surface area (Å²) in [5.74, 6) is 0. The molecule has 0 N–H and O–H groups in total. The standard InChI is InChI=1S/C48H28N2O2S/c1-5-15-40-32(10-1)33-11-2-6-16-41(33)50(40)29-22-25-44-39(26-29)36-24-21-31(28-46(36)52-44)49(30-20-23-35-34-12-3-7-18-43(34)51-45(35)27-30)42-17-9-14-38-37-13-4-8-19-47(37)53-48(38)42/h1-28H. The highest BCUT2D eigenvalue weighted by molar-refractivity contribution is 7.26. The van der Waals surface area contributed by atoms with E-state index in [0.717, 1.165) is 66.6 Å². The predicted molar refractivity (Wildman–Crippen MR) is 223 cm³/mol. The normalized spacial score (nSPS) is 12.2. The van der Waals surface area contributed by atoms with E-state index in [1.165, 1.54) is 42.0 Å². The number of thiophene rings is 1. The Balaban J connectivity index is 1.07. The van der Waals surface area contributed by atoms with Gasteiger partial charge in [-0.05, 0) is 72.8 Å². The maximum absolute atomic E-state index is 6.66. The fourth-order valence-corrected chi connectivity index (χ4v) is 9.63. The lowest BCUT2D eigenvalue weighted by Crippen LogP contribution is -2.09. The summed E-state index contributed by atoms with van der Waals surface area (Å²) < 4.78 is 17.9. The average Bonchev–Trinajstić information content (AvgIpc) is 3.96. The number of hydrogen-bond donors (Lipinski definition) is 0. The summed E-state index contributed by atoms with van der Waals surface area (Å²) in [5.41, 5.74) is 10.1. The minimum Gasteiger partial charge on any atom is -0.456 e. The number of furan rings is 2. The van der Waals surface area contributed by atoms with E-state index in [9.17, 15) is 0 Å². The lowest BCUT2D eigenvalue weighted by atomic mass is 10.1. The van der Waals surface area contributed by atoms with E-state index in [0.29, 0.717) is 0 Å². The van der Waals surface area contributed by atoms with E-state index < -0.39 is 0 Å². The molecular formula is C48H28N2O2S. The molecule has 0 saturated carbocycles. The first-order chi connectivity index (χ1) is 26.3. The van der Waals surface area contributed by atoms with Gasteiger partial charge in [0.2, 0.25) is 0 Å². The smallest absolute Gasteiger partial charge is 0.137 e. The molecule has 0 spiro atoms. The van der Waals surface area contributed by atoms with Gasteiger partial charge in [0, 0.05) is 77.0 Å². The Morgan fingerprint density at radius 2 is 0.962 bits per heavy atom. The third-order valence-corrected chi connectivity index (χ3v) is 12.0. The second kappa shape index (κ2) is 10.8. The maximum atomic E-state index is 6.66. The molecule has 12 aromatic rings. The van der Waals surface area contributed by atoms with Crippen molar-refractivity contribution in [1.29, 1.82) is 0 Å². The molecule has 0 unspecified atom stereocenters. The van der Waals surface area contributed by atoms with Crippen molar-refractivity contribution in [2.45, 2.75) is 0 Å². The third-order valence-electron chi connectivity index (χ3n) is 10.8. The van der Waals surface area contributed by atoms with Crippen molar-refractivity contribution >= 4 is 114 Å². The van der Waals surface area contributed by atoms with Crippen LogP contribution in [-0.4, -0.2) is 4.57 Å². The summed E-state index contributed by atoms with van der Waals surface area (Å²) in [6.45, 7) is 0. The molecule has 4 heterocycles. The molecule has 0 atom stereocenters. The lowest BCUT2D eigenvalue weighted by Gasteiger charge is -2.26. The fourth-order valence-electron chi connectivity index (χ4n) is 8.42. The number of nitrogens with zero attached hydrogens (tertiary/aromatic N) is 2. The molecule has 0 amide bonds. The monoisotopic (exact) mass is 696 g/mol. The molecule has 0 saturated heterocycles. The van der Waals surface area contributed by atoms with Crippen LogP contribution in [-0.2, 0) is 0 Å². The number of anilines is 3. The van der Waals surface area contributed by atoms with Gasteiger partial charge in [-0.3, -0.25) is 0 Å². The second-order valence-electron chi connectivity index (χ2n) is 13.7. The largest absolute Gasteiger partial charge is 0.456 e. The van der Waals surface area contributed by atoms with E-state index in [1.54, 1.807) is 0 Å². The first kappa shape index (κ1) is 28.8. The minimum atomic E-state index is 0.843. The van der Waals surface area contributed by atoms with Crippen LogP contribution in [0.3, 0.4) is 0 Å².